The van der Waals surface area contributed by atoms with Gasteiger partial charge in [0.1, 0.15) is 11.8 Å². The van der Waals surface area contributed by atoms with Crippen LogP contribution in [0.15, 0.2) is 23.8 Å². The molecule has 0 aromatic heterocycles. The van der Waals surface area contributed by atoms with Crippen LogP contribution >= 0.6 is 0 Å². The average molecular weight is 460 g/mol. The van der Waals surface area contributed by atoms with E-state index in [1.54, 1.807) is 6.08 Å². The number of carbonyl (C=O) groups is 4. The normalized spacial score (nSPS) is 46.8. The van der Waals surface area contributed by atoms with E-state index in [1.165, 1.54) is 26.0 Å². The van der Waals surface area contributed by atoms with Crippen LogP contribution in [0.2, 0.25) is 0 Å². The predicted molar refractivity (Wildman–Crippen MR) is 113 cm³/mol. The second-order valence-electron chi connectivity index (χ2n) is 10.6. The van der Waals surface area contributed by atoms with Gasteiger partial charge in [-0.05, 0) is 62.2 Å². The Balaban J connectivity index is 1.56. The van der Waals surface area contributed by atoms with Gasteiger partial charge in [0.2, 0.25) is 5.78 Å². The van der Waals surface area contributed by atoms with Crippen molar-refractivity contribution < 1.29 is 37.8 Å². The number of hydrogen-bond donors (Lipinski definition) is 0. The topological polar surface area (TPSA) is 99.3 Å². The summed E-state index contributed by atoms with van der Waals surface area (Å²) >= 11 is 0. The molecule has 1 aliphatic heterocycles. The zero-order valence-corrected chi connectivity index (χ0v) is 19.3. The number of ether oxygens (including phenoxy) is 3. The van der Waals surface area contributed by atoms with Crippen LogP contribution in [0.3, 0.4) is 0 Å². The molecule has 8 heteroatoms. The van der Waals surface area contributed by atoms with Crippen LogP contribution in [0, 0.1) is 22.7 Å². The van der Waals surface area contributed by atoms with Gasteiger partial charge in [0.05, 0.1) is 6.10 Å². The highest BCUT2D eigenvalue weighted by atomic mass is 19.1. The smallest absolute Gasteiger partial charge is 0.303 e. The van der Waals surface area contributed by atoms with Crippen molar-refractivity contribution in [3.05, 3.63) is 23.8 Å². The molecule has 7 nitrogen and oxygen atoms in total. The van der Waals surface area contributed by atoms with Gasteiger partial charge in [-0.15, -0.1) is 0 Å². The minimum Gasteiger partial charge on any atom is -0.458 e. The number of fused-ring (bicyclic) bond motifs is 3. The Bertz CT molecular complexity index is 1030. The lowest BCUT2D eigenvalue weighted by Crippen LogP contribution is -2.63. The Morgan fingerprint density at radius 3 is 2.58 bits per heavy atom. The molecule has 0 bridgehead atoms. The molecular weight excluding hydrogens is 431 g/mol. The first-order valence-electron chi connectivity index (χ1n) is 11.5. The lowest BCUT2D eigenvalue weighted by atomic mass is 9.46. The van der Waals surface area contributed by atoms with Crippen molar-refractivity contribution in [1.29, 1.82) is 0 Å². The molecule has 1 heterocycles. The third-order valence-corrected chi connectivity index (χ3v) is 9.22. The van der Waals surface area contributed by atoms with Crippen LogP contribution < -0.4 is 0 Å². The number of allylic oxidation sites excluding steroid dienone is 2. The van der Waals surface area contributed by atoms with E-state index < -0.39 is 52.5 Å². The maximum atomic E-state index is 15.5. The average Bonchev–Trinajstić information content (AvgIpc) is 3.38. The number of ketones is 2. The zero-order chi connectivity index (χ0) is 24.0. The van der Waals surface area contributed by atoms with E-state index in [1.807, 2.05) is 13.8 Å². The molecule has 178 valence electrons. The van der Waals surface area contributed by atoms with Crippen LogP contribution in [0.1, 0.15) is 53.4 Å². The molecule has 1 saturated heterocycles. The summed E-state index contributed by atoms with van der Waals surface area (Å²) in [7, 11) is 0. The van der Waals surface area contributed by atoms with Crippen molar-refractivity contribution in [1.82, 2.24) is 0 Å². The van der Waals surface area contributed by atoms with Crippen LogP contribution in [0.5, 0.6) is 0 Å². The minimum absolute atomic E-state index is 0.139. The van der Waals surface area contributed by atoms with Crippen molar-refractivity contribution in [2.45, 2.75) is 76.9 Å². The van der Waals surface area contributed by atoms with Crippen molar-refractivity contribution in [3.8, 4) is 0 Å². The van der Waals surface area contributed by atoms with E-state index in [0.29, 0.717) is 18.4 Å². The van der Waals surface area contributed by atoms with Crippen molar-refractivity contribution in [3.63, 3.8) is 0 Å². The molecule has 0 radical (unpaired) electrons. The number of Topliss-reactive ketones (excluding diaryl/α,β-unsaturated/α-hetero) is 1. The molecule has 33 heavy (non-hydrogen) atoms. The number of alkyl halides is 1. The number of rotatable bonds is 4. The van der Waals surface area contributed by atoms with Crippen LogP contribution in [-0.4, -0.2) is 53.6 Å². The van der Waals surface area contributed by atoms with Crippen molar-refractivity contribution >= 4 is 23.5 Å². The van der Waals surface area contributed by atoms with Gasteiger partial charge in [-0.1, -0.05) is 13.0 Å². The van der Waals surface area contributed by atoms with Crippen molar-refractivity contribution in [2.24, 2.45) is 22.7 Å². The third kappa shape index (κ3) is 2.70. The van der Waals surface area contributed by atoms with Gasteiger partial charge in [-0.2, -0.15) is 0 Å². The Kier molecular flexibility index (Phi) is 4.65. The van der Waals surface area contributed by atoms with E-state index in [4.69, 9.17) is 14.2 Å². The Labute approximate surface area is 191 Å². The van der Waals surface area contributed by atoms with E-state index in [-0.39, 0.29) is 36.6 Å². The molecule has 0 amide bonds. The predicted octanol–water partition coefficient (Wildman–Crippen LogP) is 2.81. The number of esters is 2. The molecule has 3 saturated carbocycles. The summed E-state index contributed by atoms with van der Waals surface area (Å²) in [4.78, 5) is 48.9. The first-order valence-corrected chi connectivity index (χ1v) is 11.5. The first kappa shape index (κ1) is 22.4. The lowest BCUT2D eigenvalue weighted by Gasteiger charge is -2.56. The third-order valence-electron chi connectivity index (χ3n) is 9.22. The second-order valence-corrected chi connectivity index (χ2v) is 10.6. The Morgan fingerprint density at radius 2 is 1.91 bits per heavy atom. The highest BCUT2D eigenvalue weighted by Crippen LogP contribution is 2.76. The zero-order valence-electron chi connectivity index (χ0n) is 19.3. The van der Waals surface area contributed by atoms with Gasteiger partial charge < -0.3 is 14.2 Å². The van der Waals surface area contributed by atoms with Gasteiger partial charge in [0, 0.05) is 24.7 Å². The monoisotopic (exact) mass is 460 g/mol. The molecular formula is C25H29FO7. The molecule has 0 aromatic carbocycles. The molecule has 4 fully saturated rings. The van der Waals surface area contributed by atoms with E-state index in [9.17, 15) is 19.2 Å². The number of carbonyl (C=O) groups excluding carboxylic acids is 4. The quantitative estimate of drug-likeness (QED) is 0.470. The standard InChI is InChI=1S/C25H29FO7/c1-13(27)31-12-20(30)24(32-14(2)28)8-6-16-17-10-19(26)18-9-15(29)5-7-22(18,3)25(17)21(33-25)11-23(16,24)4/h5,7,9,16-17,19,21H,6,8,10-12H2,1-4H3/t16?,17?,19-,21-,22-,23-,24-,25+/m0/s1. The van der Waals surface area contributed by atoms with Crippen LogP contribution in [0.4, 0.5) is 4.39 Å². The van der Waals surface area contributed by atoms with Crippen LogP contribution in [0.25, 0.3) is 0 Å². The Hall–Kier alpha value is -2.35. The number of hydrogen-bond acceptors (Lipinski definition) is 7. The van der Waals surface area contributed by atoms with Gasteiger partial charge in [0.25, 0.3) is 0 Å². The fourth-order valence-corrected chi connectivity index (χ4v) is 7.84. The summed E-state index contributed by atoms with van der Waals surface area (Å²) in [5.41, 5.74) is -3.18. The summed E-state index contributed by atoms with van der Waals surface area (Å²) in [5, 5.41) is 0. The Morgan fingerprint density at radius 1 is 1.18 bits per heavy atom. The fraction of sp³-hybridized carbons (Fsp3) is 0.680. The molecule has 8 atom stereocenters. The van der Waals surface area contributed by atoms with Crippen LogP contribution in [-0.2, 0) is 33.4 Å². The molecule has 4 aliphatic carbocycles. The lowest BCUT2D eigenvalue weighted by molar-refractivity contribution is -0.188. The maximum Gasteiger partial charge on any atom is 0.303 e. The largest absolute Gasteiger partial charge is 0.458 e. The summed E-state index contributed by atoms with van der Waals surface area (Å²) in [6, 6.07) is 0. The summed E-state index contributed by atoms with van der Waals surface area (Å²) in [6.45, 7) is 5.86. The summed E-state index contributed by atoms with van der Waals surface area (Å²) in [6.07, 6.45) is 4.60. The van der Waals surface area contributed by atoms with E-state index >= 15 is 4.39 Å². The SMILES string of the molecule is CC(=O)OCC(=O)[C@@]1(OC(C)=O)CCC2C3C[C@H](F)C4=CC(=O)C=C[C@]4(C)[C@@]34O[C@H]4C[C@@]21C. The highest BCUT2D eigenvalue weighted by molar-refractivity contribution is 6.01. The molecule has 5 rings (SSSR count). The van der Waals surface area contributed by atoms with Crippen molar-refractivity contribution in [2.75, 3.05) is 6.61 Å². The first-order chi connectivity index (χ1) is 15.4. The van der Waals surface area contributed by atoms with E-state index in [2.05, 4.69) is 0 Å². The van der Waals surface area contributed by atoms with Gasteiger partial charge >= 0.3 is 11.9 Å². The molecule has 0 aromatic rings. The highest BCUT2D eigenvalue weighted by Gasteiger charge is 2.82. The van der Waals surface area contributed by atoms with Gasteiger partial charge in [0.15, 0.2) is 18.0 Å². The molecule has 0 N–H and O–H groups in total. The molecule has 5 aliphatic rings. The fourth-order valence-electron chi connectivity index (χ4n) is 7.84. The van der Waals surface area contributed by atoms with Gasteiger partial charge in [-0.25, -0.2) is 4.39 Å². The van der Waals surface area contributed by atoms with E-state index in [0.717, 1.165) is 0 Å². The minimum atomic E-state index is -1.46. The summed E-state index contributed by atoms with van der Waals surface area (Å²) < 4.78 is 32.7. The maximum absolute atomic E-state index is 15.5. The molecule has 1 spiro atoms. The second kappa shape index (κ2) is 6.84. The molecule has 2 unspecified atom stereocenters. The summed E-state index contributed by atoms with van der Waals surface area (Å²) in [5.74, 6) is -2.20. The number of epoxide rings is 1. The number of halogens is 1. The van der Waals surface area contributed by atoms with Gasteiger partial charge in [-0.3, -0.25) is 19.2 Å².